The zero-order valence-electron chi connectivity index (χ0n) is 11.5. The molecular weight excluding hydrogens is 286 g/mol. The Morgan fingerprint density at radius 3 is 2.90 bits per heavy atom. The van der Waals surface area contributed by atoms with Gasteiger partial charge >= 0.3 is 0 Å². The fourth-order valence-electron chi connectivity index (χ4n) is 2.82. The van der Waals surface area contributed by atoms with Crippen LogP contribution in [0, 0.1) is 5.92 Å². The predicted octanol–water partition coefficient (Wildman–Crippen LogP) is 4.55. The van der Waals surface area contributed by atoms with Gasteiger partial charge in [-0.25, -0.2) is 0 Å². The number of carbonyl (C=O) groups is 1. The van der Waals surface area contributed by atoms with E-state index in [1.165, 1.54) is 6.42 Å². The van der Waals surface area contributed by atoms with Gasteiger partial charge in [0.1, 0.15) is 11.5 Å². The van der Waals surface area contributed by atoms with Crippen molar-refractivity contribution in [2.45, 2.75) is 19.3 Å². The molecule has 1 aliphatic heterocycles. The molecule has 1 aromatic heterocycles. The Kier molecular flexibility index (Phi) is 2.73. The lowest BCUT2D eigenvalue weighted by molar-refractivity contribution is -0.110. The summed E-state index contributed by atoms with van der Waals surface area (Å²) in [5.41, 5.74) is 2.23. The molecule has 1 aromatic carbocycles. The van der Waals surface area contributed by atoms with Crippen molar-refractivity contribution < 1.29 is 9.21 Å². The standard InChI is InChI=1S/C17H14ClNO2/c1-9-6-13(9)16-5-3-11(21-16)8-14-12-4-2-10(18)7-15(12)19-17(14)20/h2-5,7-9,13H,6H2,1H3,(H,19,20)/b14-8-. The van der Waals surface area contributed by atoms with Crippen LogP contribution in [0.3, 0.4) is 0 Å². The summed E-state index contributed by atoms with van der Waals surface area (Å²) in [6, 6.07) is 9.34. The van der Waals surface area contributed by atoms with Crippen LogP contribution in [0.5, 0.6) is 0 Å². The number of benzene rings is 1. The van der Waals surface area contributed by atoms with Crippen LogP contribution in [0.1, 0.15) is 36.3 Å². The number of carbonyl (C=O) groups excluding carboxylic acids is 1. The largest absolute Gasteiger partial charge is 0.461 e. The summed E-state index contributed by atoms with van der Waals surface area (Å²) in [6.45, 7) is 2.22. The van der Waals surface area contributed by atoms with Crippen molar-refractivity contribution in [2.75, 3.05) is 5.32 Å². The summed E-state index contributed by atoms with van der Waals surface area (Å²) in [7, 11) is 0. The van der Waals surface area contributed by atoms with Gasteiger partial charge in [-0.15, -0.1) is 0 Å². The van der Waals surface area contributed by atoms with Crippen molar-refractivity contribution in [3.05, 3.63) is 52.4 Å². The lowest BCUT2D eigenvalue weighted by atomic mass is 10.1. The zero-order chi connectivity index (χ0) is 14.6. The van der Waals surface area contributed by atoms with E-state index in [1.54, 1.807) is 18.2 Å². The molecule has 2 aromatic rings. The molecule has 21 heavy (non-hydrogen) atoms. The molecule has 0 bridgehead atoms. The van der Waals surface area contributed by atoms with Gasteiger partial charge < -0.3 is 9.73 Å². The molecule has 0 saturated heterocycles. The highest BCUT2D eigenvalue weighted by Crippen LogP contribution is 2.47. The normalized spacial score (nSPS) is 25.0. The Hall–Kier alpha value is -2.00. The number of hydrogen-bond donors (Lipinski definition) is 1. The van der Waals surface area contributed by atoms with Crippen LogP contribution in [0.15, 0.2) is 34.7 Å². The van der Waals surface area contributed by atoms with Crippen molar-refractivity contribution in [1.29, 1.82) is 0 Å². The molecule has 1 amide bonds. The van der Waals surface area contributed by atoms with Crippen LogP contribution >= 0.6 is 11.6 Å². The molecule has 2 atom stereocenters. The quantitative estimate of drug-likeness (QED) is 0.827. The highest BCUT2D eigenvalue weighted by Gasteiger charge is 2.36. The van der Waals surface area contributed by atoms with Crippen LogP contribution < -0.4 is 5.32 Å². The van der Waals surface area contributed by atoms with E-state index in [-0.39, 0.29) is 5.91 Å². The van der Waals surface area contributed by atoms with E-state index in [9.17, 15) is 4.79 Å². The first-order valence-corrected chi connectivity index (χ1v) is 7.42. The van der Waals surface area contributed by atoms with E-state index >= 15 is 0 Å². The van der Waals surface area contributed by atoms with Crippen molar-refractivity contribution in [3.63, 3.8) is 0 Å². The number of hydrogen-bond acceptors (Lipinski definition) is 2. The molecule has 1 saturated carbocycles. The maximum atomic E-state index is 12.1. The monoisotopic (exact) mass is 299 g/mol. The first-order chi connectivity index (χ1) is 10.1. The van der Waals surface area contributed by atoms with Crippen LogP contribution in [-0.2, 0) is 4.79 Å². The van der Waals surface area contributed by atoms with Gasteiger partial charge in [0.2, 0.25) is 0 Å². The fourth-order valence-corrected chi connectivity index (χ4v) is 2.99. The van der Waals surface area contributed by atoms with Crippen molar-refractivity contribution in [3.8, 4) is 0 Å². The number of nitrogens with one attached hydrogen (secondary N) is 1. The highest BCUT2D eigenvalue weighted by molar-refractivity contribution is 6.36. The summed E-state index contributed by atoms with van der Waals surface area (Å²) >= 11 is 5.95. The smallest absolute Gasteiger partial charge is 0.256 e. The van der Waals surface area contributed by atoms with Gasteiger partial charge in [0, 0.05) is 16.5 Å². The zero-order valence-corrected chi connectivity index (χ0v) is 12.3. The minimum absolute atomic E-state index is 0.120. The summed E-state index contributed by atoms with van der Waals surface area (Å²) < 4.78 is 5.84. The van der Waals surface area contributed by atoms with E-state index in [2.05, 4.69) is 12.2 Å². The number of furan rings is 1. The summed E-state index contributed by atoms with van der Waals surface area (Å²) in [5, 5.41) is 3.43. The third-order valence-corrected chi connectivity index (χ3v) is 4.41. The first kappa shape index (κ1) is 12.7. The molecule has 2 aliphatic rings. The average molecular weight is 300 g/mol. The van der Waals surface area contributed by atoms with Crippen LogP contribution in [-0.4, -0.2) is 5.91 Å². The Morgan fingerprint density at radius 2 is 2.14 bits per heavy atom. The molecule has 4 heteroatoms. The van der Waals surface area contributed by atoms with Gasteiger partial charge in [-0.05, 0) is 42.7 Å². The van der Waals surface area contributed by atoms with Crippen molar-refractivity contribution in [2.24, 2.45) is 5.92 Å². The van der Waals surface area contributed by atoms with E-state index in [0.29, 0.717) is 22.4 Å². The molecule has 4 rings (SSSR count). The van der Waals surface area contributed by atoms with Gasteiger partial charge in [-0.1, -0.05) is 24.6 Å². The average Bonchev–Trinajstić information content (AvgIpc) is 2.88. The van der Waals surface area contributed by atoms with Crippen LogP contribution in [0.2, 0.25) is 5.02 Å². The third kappa shape index (κ3) is 2.18. The summed E-state index contributed by atoms with van der Waals surface area (Å²) in [5.74, 6) is 2.86. The number of fused-ring (bicyclic) bond motifs is 1. The molecule has 2 unspecified atom stereocenters. The van der Waals surface area contributed by atoms with Gasteiger partial charge in [-0.2, -0.15) is 0 Å². The van der Waals surface area contributed by atoms with Crippen molar-refractivity contribution in [1.82, 2.24) is 0 Å². The number of halogens is 1. The van der Waals surface area contributed by atoms with Gasteiger partial charge in [0.25, 0.3) is 5.91 Å². The SMILES string of the molecule is CC1CC1c1ccc(/C=C2\C(=O)Nc3cc(Cl)ccc32)o1. The Bertz CT molecular complexity index is 775. The van der Waals surface area contributed by atoms with Gasteiger partial charge in [0.15, 0.2) is 0 Å². The topological polar surface area (TPSA) is 42.2 Å². The molecule has 3 nitrogen and oxygen atoms in total. The number of anilines is 1. The number of amides is 1. The van der Waals surface area contributed by atoms with Crippen molar-refractivity contribution >= 4 is 34.8 Å². The van der Waals surface area contributed by atoms with E-state index in [0.717, 1.165) is 22.8 Å². The van der Waals surface area contributed by atoms with E-state index in [4.69, 9.17) is 16.0 Å². The van der Waals surface area contributed by atoms with Gasteiger partial charge in [0.05, 0.1) is 11.3 Å². The second-order valence-corrected chi connectivity index (χ2v) is 6.20. The van der Waals surface area contributed by atoms with Crippen LogP contribution in [0.25, 0.3) is 11.6 Å². The molecule has 2 heterocycles. The van der Waals surface area contributed by atoms with E-state index in [1.807, 2.05) is 18.2 Å². The Balaban J connectivity index is 1.70. The first-order valence-electron chi connectivity index (χ1n) is 7.04. The molecule has 1 N–H and O–H groups in total. The van der Waals surface area contributed by atoms with Gasteiger partial charge in [-0.3, -0.25) is 4.79 Å². The maximum absolute atomic E-state index is 12.1. The molecule has 0 radical (unpaired) electrons. The lowest BCUT2D eigenvalue weighted by Gasteiger charge is -1.98. The molecule has 0 spiro atoms. The Labute approximate surface area is 127 Å². The molecule has 106 valence electrons. The fraction of sp³-hybridized carbons (Fsp3) is 0.235. The maximum Gasteiger partial charge on any atom is 0.256 e. The number of rotatable bonds is 2. The minimum atomic E-state index is -0.120. The van der Waals surface area contributed by atoms with E-state index < -0.39 is 0 Å². The molecular formula is C17H14ClNO2. The second kappa shape index (κ2) is 4.50. The summed E-state index contributed by atoms with van der Waals surface area (Å²) in [6.07, 6.45) is 2.98. The molecule has 1 fully saturated rings. The highest BCUT2D eigenvalue weighted by atomic mass is 35.5. The second-order valence-electron chi connectivity index (χ2n) is 5.76. The molecule has 1 aliphatic carbocycles. The lowest BCUT2D eigenvalue weighted by Crippen LogP contribution is -2.03. The minimum Gasteiger partial charge on any atom is -0.461 e. The van der Waals surface area contributed by atoms with Crippen LogP contribution in [0.4, 0.5) is 5.69 Å². The predicted molar refractivity (Wildman–Crippen MR) is 83.2 cm³/mol. The summed E-state index contributed by atoms with van der Waals surface area (Å²) in [4.78, 5) is 12.1. The third-order valence-electron chi connectivity index (χ3n) is 4.17. The Morgan fingerprint density at radius 1 is 1.33 bits per heavy atom.